The summed E-state index contributed by atoms with van der Waals surface area (Å²) in [6.07, 6.45) is 1.45. The van der Waals surface area contributed by atoms with Crippen molar-refractivity contribution in [2.45, 2.75) is 19.3 Å². The van der Waals surface area contributed by atoms with E-state index < -0.39 is 11.4 Å². The van der Waals surface area contributed by atoms with Crippen molar-refractivity contribution < 1.29 is 9.90 Å². The lowest BCUT2D eigenvalue weighted by atomic mass is 9.89. The van der Waals surface area contributed by atoms with Gasteiger partial charge in [0.2, 0.25) is 5.95 Å². The molecule has 1 heterocycles. The third-order valence-corrected chi connectivity index (χ3v) is 1.85. The molecule has 0 aliphatic carbocycles. The number of carboxylic acids is 1. The van der Waals surface area contributed by atoms with Gasteiger partial charge in [0, 0.05) is 6.20 Å². The second kappa shape index (κ2) is 3.01. The number of hydrogen-bond donors (Lipinski definition) is 2. The van der Waals surface area contributed by atoms with Crippen molar-refractivity contribution in [3.05, 3.63) is 18.0 Å². The zero-order valence-corrected chi connectivity index (χ0v) is 7.48. The second-order valence-corrected chi connectivity index (χ2v) is 3.23. The number of aliphatic carboxylic acids is 1. The van der Waals surface area contributed by atoms with Crippen LogP contribution in [-0.2, 0) is 10.2 Å². The molecule has 0 saturated heterocycles. The zero-order valence-electron chi connectivity index (χ0n) is 7.48. The SMILES string of the molecule is CC(C)(C(=O)O)c1ccnc(N)n1. The minimum atomic E-state index is -1.03. The van der Waals surface area contributed by atoms with E-state index in [9.17, 15) is 4.79 Å². The molecular weight excluding hydrogens is 170 g/mol. The van der Waals surface area contributed by atoms with Gasteiger partial charge in [-0.15, -0.1) is 0 Å². The van der Waals surface area contributed by atoms with Gasteiger partial charge in [-0.25, -0.2) is 9.97 Å². The number of nitrogens with zero attached hydrogens (tertiary/aromatic N) is 2. The molecule has 0 fully saturated rings. The molecule has 0 unspecified atom stereocenters. The summed E-state index contributed by atoms with van der Waals surface area (Å²) in [4.78, 5) is 18.4. The van der Waals surface area contributed by atoms with Crippen molar-refractivity contribution in [1.82, 2.24) is 9.97 Å². The molecule has 0 aromatic carbocycles. The number of nitrogen functional groups attached to an aromatic ring is 1. The molecule has 3 N–H and O–H groups in total. The number of aromatic nitrogens is 2. The van der Waals surface area contributed by atoms with E-state index in [4.69, 9.17) is 10.8 Å². The Morgan fingerprint density at radius 2 is 2.23 bits per heavy atom. The molecule has 0 bridgehead atoms. The molecule has 13 heavy (non-hydrogen) atoms. The van der Waals surface area contributed by atoms with Crippen LogP contribution in [0, 0.1) is 0 Å². The predicted molar refractivity (Wildman–Crippen MR) is 47.1 cm³/mol. The Morgan fingerprint density at radius 1 is 1.62 bits per heavy atom. The minimum absolute atomic E-state index is 0.0897. The normalized spacial score (nSPS) is 11.2. The smallest absolute Gasteiger partial charge is 0.315 e. The van der Waals surface area contributed by atoms with Crippen LogP contribution in [0.5, 0.6) is 0 Å². The number of anilines is 1. The van der Waals surface area contributed by atoms with Crippen LogP contribution < -0.4 is 5.73 Å². The van der Waals surface area contributed by atoms with Gasteiger partial charge >= 0.3 is 5.97 Å². The Bertz CT molecular complexity index is 336. The van der Waals surface area contributed by atoms with Crippen LogP contribution in [0.2, 0.25) is 0 Å². The first-order valence-corrected chi connectivity index (χ1v) is 3.77. The summed E-state index contributed by atoms with van der Waals surface area (Å²) in [6, 6.07) is 1.55. The van der Waals surface area contributed by atoms with E-state index in [1.807, 2.05) is 0 Å². The van der Waals surface area contributed by atoms with E-state index in [1.54, 1.807) is 19.9 Å². The maximum Gasteiger partial charge on any atom is 0.315 e. The Morgan fingerprint density at radius 3 is 2.69 bits per heavy atom. The van der Waals surface area contributed by atoms with E-state index >= 15 is 0 Å². The lowest BCUT2D eigenvalue weighted by molar-refractivity contribution is -0.142. The van der Waals surface area contributed by atoms with Crippen molar-refractivity contribution in [2.75, 3.05) is 5.73 Å². The van der Waals surface area contributed by atoms with E-state index in [0.717, 1.165) is 0 Å². The van der Waals surface area contributed by atoms with Crippen molar-refractivity contribution in [3.63, 3.8) is 0 Å². The molecular formula is C8H11N3O2. The van der Waals surface area contributed by atoms with Gasteiger partial charge in [0.15, 0.2) is 0 Å². The molecule has 0 saturated carbocycles. The molecule has 0 amide bonds. The van der Waals surface area contributed by atoms with Crippen LogP contribution >= 0.6 is 0 Å². The molecule has 0 radical (unpaired) electrons. The Labute approximate surface area is 75.6 Å². The fourth-order valence-electron chi connectivity index (χ4n) is 0.831. The molecule has 70 valence electrons. The largest absolute Gasteiger partial charge is 0.481 e. The minimum Gasteiger partial charge on any atom is -0.481 e. The fraction of sp³-hybridized carbons (Fsp3) is 0.375. The Hall–Kier alpha value is -1.65. The van der Waals surface area contributed by atoms with Crippen molar-refractivity contribution in [2.24, 2.45) is 0 Å². The van der Waals surface area contributed by atoms with Gasteiger partial charge in [0.05, 0.1) is 5.69 Å². The number of carboxylic acid groups (broad SMARTS) is 1. The molecule has 1 rings (SSSR count). The van der Waals surface area contributed by atoms with Gasteiger partial charge in [-0.05, 0) is 19.9 Å². The highest BCUT2D eigenvalue weighted by Gasteiger charge is 2.31. The number of nitrogens with two attached hydrogens (primary N) is 1. The lowest BCUT2D eigenvalue weighted by Crippen LogP contribution is -2.29. The van der Waals surface area contributed by atoms with Crippen LogP contribution in [0.4, 0.5) is 5.95 Å². The van der Waals surface area contributed by atoms with Crippen LogP contribution in [0.25, 0.3) is 0 Å². The van der Waals surface area contributed by atoms with Crippen LogP contribution in [-0.4, -0.2) is 21.0 Å². The van der Waals surface area contributed by atoms with E-state index in [-0.39, 0.29) is 5.95 Å². The monoisotopic (exact) mass is 181 g/mol. The van der Waals surface area contributed by atoms with E-state index in [1.165, 1.54) is 6.20 Å². The molecule has 0 spiro atoms. The highest BCUT2D eigenvalue weighted by atomic mass is 16.4. The second-order valence-electron chi connectivity index (χ2n) is 3.23. The average Bonchev–Trinajstić information content (AvgIpc) is 2.04. The lowest BCUT2D eigenvalue weighted by Gasteiger charge is -2.17. The van der Waals surface area contributed by atoms with Crippen molar-refractivity contribution in [1.29, 1.82) is 0 Å². The number of rotatable bonds is 2. The third kappa shape index (κ3) is 1.74. The topological polar surface area (TPSA) is 89.1 Å². The Balaban J connectivity index is 3.14. The summed E-state index contributed by atoms with van der Waals surface area (Å²) >= 11 is 0. The summed E-state index contributed by atoms with van der Waals surface area (Å²) < 4.78 is 0. The maximum atomic E-state index is 10.8. The third-order valence-electron chi connectivity index (χ3n) is 1.85. The van der Waals surface area contributed by atoms with Gasteiger partial charge in [-0.1, -0.05) is 0 Å². The maximum absolute atomic E-state index is 10.8. The van der Waals surface area contributed by atoms with Crippen molar-refractivity contribution >= 4 is 11.9 Å². The molecule has 5 heteroatoms. The summed E-state index contributed by atoms with van der Waals surface area (Å²) in [7, 11) is 0. The molecule has 0 aliphatic rings. The first-order chi connectivity index (χ1) is 5.94. The molecule has 1 aromatic rings. The Kier molecular flexibility index (Phi) is 2.18. The van der Waals surface area contributed by atoms with Crippen molar-refractivity contribution in [3.8, 4) is 0 Å². The standard InChI is InChI=1S/C8H11N3O2/c1-8(2,6(12)13)5-3-4-10-7(9)11-5/h3-4H,1-2H3,(H,12,13)(H2,9,10,11). The van der Waals surface area contributed by atoms with Crippen LogP contribution in [0.15, 0.2) is 12.3 Å². The predicted octanol–water partition coefficient (Wildman–Crippen LogP) is 0.421. The van der Waals surface area contributed by atoms with Gasteiger partial charge < -0.3 is 10.8 Å². The molecule has 0 atom stereocenters. The molecule has 1 aromatic heterocycles. The number of carbonyl (C=O) groups is 1. The fourth-order valence-corrected chi connectivity index (χ4v) is 0.831. The van der Waals surface area contributed by atoms with Gasteiger partial charge in [0.25, 0.3) is 0 Å². The number of hydrogen-bond acceptors (Lipinski definition) is 4. The summed E-state index contributed by atoms with van der Waals surface area (Å²) in [5.74, 6) is -0.850. The quantitative estimate of drug-likeness (QED) is 0.690. The van der Waals surface area contributed by atoms with Gasteiger partial charge in [-0.2, -0.15) is 0 Å². The van der Waals surface area contributed by atoms with Crippen LogP contribution in [0.1, 0.15) is 19.5 Å². The van der Waals surface area contributed by atoms with Crippen LogP contribution in [0.3, 0.4) is 0 Å². The van der Waals surface area contributed by atoms with Gasteiger partial charge in [-0.3, -0.25) is 4.79 Å². The van der Waals surface area contributed by atoms with E-state index in [2.05, 4.69) is 9.97 Å². The average molecular weight is 181 g/mol. The zero-order chi connectivity index (χ0) is 10.1. The summed E-state index contributed by atoms with van der Waals surface area (Å²) in [5.41, 5.74) is 4.72. The van der Waals surface area contributed by atoms with Gasteiger partial charge in [0.1, 0.15) is 5.41 Å². The highest BCUT2D eigenvalue weighted by molar-refractivity contribution is 5.79. The molecule has 5 nitrogen and oxygen atoms in total. The summed E-state index contributed by atoms with van der Waals surface area (Å²) in [6.45, 7) is 3.13. The highest BCUT2D eigenvalue weighted by Crippen LogP contribution is 2.20. The first-order valence-electron chi connectivity index (χ1n) is 3.77. The summed E-state index contributed by atoms with van der Waals surface area (Å²) in [5, 5.41) is 8.88. The van der Waals surface area contributed by atoms with E-state index in [0.29, 0.717) is 5.69 Å². The first kappa shape index (κ1) is 9.44. The molecule has 0 aliphatic heterocycles.